The standard InChI is InChI=1S/C11H15NOS/c1-13-10-6-2-4-8-9(12)5-3-7-14-11(8)10/h2,4,6,9H,3,5,7,12H2,1H3. The van der Waals surface area contributed by atoms with Crippen LogP contribution in [0.2, 0.25) is 0 Å². The number of thioether (sulfide) groups is 1. The molecule has 3 heteroatoms. The lowest BCUT2D eigenvalue weighted by molar-refractivity contribution is 0.403. The van der Waals surface area contributed by atoms with Gasteiger partial charge in [-0.2, -0.15) is 0 Å². The van der Waals surface area contributed by atoms with E-state index in [1.165, 1.54) is 16.9 Å². The highest BCUT2D eigenvalue weighted by Crippen LogP contribution is 2.39. The molecule has 0 saturated heterocycles. The molecule has 1 unspecified atom stereocenters. The Hall–Kier alpha value is -0.670. The van der Waals surface area contributed by atoms with E-state index in [2.05, 4.69) is 6.07 Å². The highest BCUT2D eigenvalue weighted by atomic mass is 32.2. The Morgan fingerprint density at radius 1 is 1.50 bits per heavy atom. The molecule has 1 aliphatic rings. The van der Waals surface area contributed by atoms with E-state index < -0.39 is 0 Å². The third-order valence-corrected chi connectivity index (χ3v) is 3.75. The minimum absolute atomic E-state index is 0.176. The summed E-state index contributed by atoms with van der Waals surface area (Å²) in [6, 6.07) is 6.31. The third kappa shape index (κ3) is 1.74. The van der Waals surface area contributed by atoms with E-state index in [0.717, 1.165) is 17.9 Å². The van der Waals surface area contributed by atoms with E-state index >= 15 is 0 Å². The first-order chi connectivity index (χ1) is 6.83. The van der Waals surface area contributed by atoms with Gasteiger partial charge in [-0.3, -0.25) is 0 Å². The molecule has 0 fully saturated rings. The van der Waals surface area contributed by atoms with Gasteiger partial charge in [0.1, 0.15) is 5.75 Å². The Balaban J connectivity index is 2.46. The van der Waals surface area contributed by atoms with Crippen LogP contribution in [0.4, 0.5) is 0 Å². The number of ether oxygens (including phenoxy) is 1. The summed E-state index contributed by atoms with van der Waals surface area (Å²) in [5.41, 5.74) is 7.34. The van der Waals surface area contributed by atoms with Gasteiger partial charge in [-0.1, -0.05) is 12.1 Å². The summed E-state index contributed by atoms with van der Waals surface area (Å²) in [5.74, 6) is 2.10. The minimum atomic E-state index is 0.176. The summed E-state index contributed by atoms with van der Waals surface area (Å²) < 4.78 is 5.34. The van der Waals surface area contributed by atoms with E-state index in [-0.39, 0.29) is 6.04 Å². The monoisotopic (exact) mass is 209 g/mol. The molecular formula is C11H15NOS. The van der Waals surface area contributed by atoms with E-state index in [0.29, 0.717) is 0 Å². The topological polar surface area (TPSA) is 35.2 Å². The lowest BCUT2D eigenvalue weighted by Crippen LogP contribution is -2.10. The average molecular weight is 209 g/mol. The number of fused-ring (bicyclic) bond motifs is 1. The zero-order chi connectivity index (χ0) is 9.97. The van der Waals surface area contributed by atoms with Gasteiger partial charge in [0.15, 0.2) is 0 Å². The first-order valence-electron chi connectivity index (χ1n) is 4.88. The van der Waals surface area contributed by atoms with Crippen molar-refractivity contribution >= 4 is 11.8 Å². The van der Waals surface area contributed by atoms with E-state index in [1.807, 2.05) is 23.9 Å². The van der Waals surface area contributed by atoms with Crippen molar-refractivity contribution < 1.29 is 4.74 Å². The fourth-order valence-electron chi connectivity index (χ4n) is 1.77. The number of nitrogens with two attached hydrogens (primary N) is 1. The number of benzene rings is 1. The molecule has 2 N–H and O–H groups in total. The normalized spacial score (nSPS) is 21.1. The molecule has 0 aliphatic carbocycles. The molecule has 1 aliphatic heterocycles. The molecule has 0 bridgehead atoms. The van der Waals surface area contributed by atoms with Crippen LogP contribution >= 0.6 is 11.8 Å². The van der Waals surface area contributed by atoms with Crippen molar-refractivity contribution in [2.75, 3.05) is 12.9 Å². The van der Waals surface area contributed by atoms with Crippen LogP contribution in [0.3, 0.4) is 0 Å². The van der Waals surface area contributed by atoms with Crippen molar-refractivity contribution in [2.45, 2.75) is 23.8 Å². The fourth-order valence-corrected chi connectivity index (χ4v) is 2.97. The van der Waals surface area contributed by atoms with Crippen LogP contribution < -0.4 is 10.5 Å². The molecule has 2 rings (SSSR count). The molecule has 2 nitrogen and oxygen atoms in total. The highest BCUT2D eigenvalue weighted by molar-refractivity contribution is 7.99. The van der Waals surface area contributed by atoms with Crippen molar-refractivity contribution in [1.29, 1.82) is 0 Å². The quantitative estimate of drug-likeness (QED) is 0.772. The van der Waals surface area contributed by atoms with E-state index in [4.69, 9.17) is 10.5 Å². The van der Waals surface area contributed by atoms with Gasteiger partial charge in [0.2, 0.25) is 0 Å². The van der Waals surface area contributed by atoms with Crippen LogP contribution in [0.1, 0.15) is 24.4 Å². The van der Waals surface area contributed by atoms with Crippen LogP contribution in [0, 0.1) is 0 Å². The Bertz CT molecular complexity index is 327. The zero-order valence-electron chi connectivity index (χ0n) is 8.32. The van der Waals surface area contributed by atoms with E-state index in [1.54, 1.807) is 7.11 Å². The summed E-state index contributed by atoms with van der Waals surface area (Å²) in [7, 11) is 1.71. The van der Waals surface area contributed by atoms with Gasteiger partial charge in [-0.15, -0.1) is 11.8 Å². The van der Waals surface area contributed by atoms with Gasteiger partial charge in [-0.05, 0) is 30.2 Å². The third-order valence-electron chi connectivity index (χ3n) is 2.53. The SMILES string of the molecule is COc1cccc2c1SCCCC2N. The first-order valence-corrected chi connectivity index (χ1v) is 5.87. The molecule has 0 spiro atoms. The molecule has 0 aromatic heterocycles. The van der Waals surface area contributed by atoms with Gasteiger partial charge in [0.25, 0.3) is 0 Å². The summed E-state index contributed by atoms with van der Waals surface area (Å²) >= 11 is 1.86. The maximum absolute atomic E-state index is 6.10. The van der Waals surface area contributed by atoms with Crippen LogP contribution in [0.25, 0.3) is 0 Å². The number of rotatable bonds is 1. The summed E-state index contributed by atoms with van der Waals surface area (Å²) in [4.78, 5) is 1.24. The predicted octanol–water partition coefficient (Wildman–Crippen LogP) is 2.58. The van der Waals surface area contributed by atoms with Gasteiger partial charge in [0.05, 0.1) is 12.0 Å². The highest BCUT2D eigenvalue weighted by Gasteiger charge is 2.18. The molecule has 0 amide bonds. The summed E-state index contributed by atoms with van der Waals surface area (Å²) in [6.07, 6.45) is 2.26. The van der Waals surface area contributed by atoms with Gasteiger partial charge in [-0.25, -0.2) is 0 Å². The van der Waals surface area contributed by atoms with Crippen molar-refractivity contribution in [3.8, 4) is 5.75 Å². The van der Waals surface area contributed by atoms with Gasteiger partial charge >= 0.3 is 0 Å². The van der Waals surface area contributed by atoms with Crippen molar-refractivity contribution in [3.63, 3.8) is 0 Å². The molecule has 76 valence electrons. The van der Waals surface area contributed by atoms with Crippen LogP contribution in [-0.2, 0) is 0 Å². The predicted molar refractivity (Wildman–Crippen MR) is 59.9 cm³/mol. The molecule has 1 aromatic rings. The molecule has 1 atom stereocenters. The lowest BCUT2D eigenvalue weighted by atomic mass is 10.0. The Labute approximate surface area is 88.8 Å². The number of hydrogen-bond acceptors (Lipinski definition) is 3. The molecule has 1 aromatic carbocycles. The number of hydrogen-bond donors (Lipinski definition) is 1. The molecule has 1 heterocycles. The van der Waals surface area contributed by atoms with Crippen LogP contribution in [-0.4, -0.2) is 12.9 Å². The smallest absolute Gasteiger partial charge is 0.132 e. The Kier molecular flexibility index (Phi) is 2.99. The molecule has 14 heavy (non-hydrogen) atoms. The minimum Gasteiger partial charge on any atom is -0.496 e. The van der Waals surface area contributed by atoms with E-state index in [9.17, 15) is 0 Å². The second-order valence-corrected chi connectivity index (χ2v) is 4.58. The maximum atomic E-state index is 6.10. The van der Waals surface area contributed by atoms with Gasteiger partial charge in [0, 0.05) is 6.04 Å². The molecule has 0 radical (unpaired) electrons. The lowest BCUT2D eigenvalue weighted by Gasteiger charge is -2.14. The zero-order valence-corrected chi connectivity index (χ0v) is 9.14. The van der Waals surface area contributed by atoms with Crippen LogP contribution in [0.5, 0.6) is 5.75 Å². The molecule has 0 saturated carbocycles. The average Bonchev–Trinajstić information content (AvgIpc) is 2.41. The number of methoxy groups -OCH3 is 1. The fraction of sp³-hybridized carbons (Fsp3) is 0.455. The largest absolute Gasteiger partial charge is 0.496 e. The van der Waals surface area contributed by atoms with Crippen molar-refractivity contribution in [2.24, 2.45) is 5.73 Å². The van der Waals surface area contributed by atoms with Crippen LogP contribution in [0.15, 0.2) is 23.1 Å². The Morgan fingerprint density at radius 2 is 2.36 bits per heavy atom. The van der Waals surface area contributed by atoms with Gasteiger partial charge < -0.3 is 10.5 Å². The van der Waals surface area contributed by atoms with Crippen molar-refractivity contribution in [1.82, 2.24) is 0 Å². The second-order valence-electron chi connectivity index (χ2n) is 3.48. The first kappa shape index (κ1) is 9.87. The second kappa shape index (κ2) is 4.24. The summed E-state index contributed by atoms with van der Waals surface area (Å²) in [6.45, 7) is 0. The maximum Gasteiger partial charge on any atom is 0.132 e. The Morgan fingerprint density at radius 3 is 3.14 bits per heavy atom. The summed E-state index contributed by atoms with van der Waals surface area (Å²) in [5, 5.41) is 0. The van der Waals surface area contributed by atoms with Crippen molar-refractivity contribution in [3.05, 3.63) is 23.8 Å². The molecular weight excluding hydrogens is 194 g/mol.